The van der Waals surface area contributed by atoms with Crippen LogP contribution in [0.15, 0.2) is 36.5 Å². The molecule has 62 heavy (non-hydrogen) atoms. The van der Waals surface area contributed by atoms with Gasteiger partial charge in [0, 0.05) is 66.6 Å². The Balaban J connectivity index is 1.64. The summed E-state index contributed by atoms with van der Waals surface area (Å²) >= 11 is 0. The van der Waals surface area contributed by atoms with Crippen molar-refractivity contribution in [1.29, 1.82) is 0 Å². The monoisotopic (exact) mass is 882 g/mol. The normalized spacial score (nSPS) is 40.2. The molecular weight excluding hydrogens is 808 g/mol. The van der Waals surface area contributed by atoms with Crippen molar-refractivity contribution in [3.8, 4) is 0 Å². The number of ether oxygens (including phenoxy) is 12. The second-order valence-electron chi connectivity index (χ2n) is 17.9. The van der Waals surface area contributed by atoms with Gasteiger partial charge in [0.15, 0.2) is 24.5 Å². The van der Waals surface area contributed by atoms with Gasteiger partial charge in [-0.2, -0.15) is 0 Å². The van der Waals surface area contributed by atoms with Crippen LogP contribution in [0.25, 0.3) is 0 Å². The average molecular weight is 883 g/mol. The van der Waals surface area contributed by atoms with Crippen LogP contribution in [0.5, 0.6) is 0 Å². The van der Waals surface area contributed by atoms with Gasteiger partial charge >= 0.3 is 11.9 Å². The fourth-order valence-corrected chi connectivity index (χ4v) is 8.89. The number of hydrogen-bond acceptors (Lipinski definition) is 16. The van der Waals surface area contributed by atoms with Gasteiger partial charge in [0.2, 0.25) is 0 Å². The van der Waals surface area contributed by atoms with Crippen molar-refractivity contribution in [2.75, 3.05) is 42.2 Å². The van der Waals surface area contributed by atoms with Crippen molar-refractivity contribution >= 4 is 17.7 Å². The molecule has 16 nitrogen and oxygen atoms in total. The number of Topliss-reactive ketones (excluding diaryl/α,β-unsaturated/α-hetero) is 1. The quantitative estimate of drug-likeness (QED) is 0.188. The average Bonchev–Trinajstić information content (AvgIpc) is 3.20. The molecule has 0 aromatic rings. The molecule has 0 amide bonds. The molecule has 4 aliphatic heterocycles. The Bertz CT molecular complexity index is 1510. The number of cyclic esters (lactones) is 1. The lowest BCUT2D eigenvalue weighted by Gasteiger charge is -2.48. The number of ketones is 1. The molecular formula is C46H74O16. The van der Waals surface area contributed by atoms with E-state index in [9.17, 15) is 19.5 Å². The van der Waals surface area contributed by atoms with E-state index in [4.69, 9.17) is 56.8 Å². The van der Waals surface area contributed by atoms with Gasteiger partial charge in [-0.1, -0.05) is 71.9 Å². The van der Waals surface area contributed by atoms with Crippen LogP contribution in [0.1, 0.15) is 81.1 Å². The highest BCUT2D eigenvalue weighted by atomic mass is 16.8. The number of carbonyl (C=O) groups is 3. The van der Waals surface area contributed by atoms with Gasteiger partial charge in [0.1, 0.15) is 42.7 Å². The summed E-state index contributed by atoms with van der Waals surface area (Å²) in [7, 11) is 7.59. The van der Waals surface area contributed by atoms with Gasteiger partial charge in [-0.3, -0.25) is 14.4 Å². The number of fused-ring (bicyclic) bond motifs is 2. The number of carbonyl (C=O) groups excluding carboxylic acids is 3. The molecule has 17 atom stereocenters. The number of aliphatic hydroxyl groups excluding tert-OH is 1. The molecule has 4 aliphatic rings. The van der Waals surface area contributed by atoms with Gasteiger partial charge in [0.05, 0.1) is 43.5 Å². The summed E-state index contributed by atoms with van der Waals surface area (Å²) in [5, 5.41) is 11.6. The Labute approximate surface area is 368 Å². The third-order valence-corrected chi connectivity index (χ3v) is 12.6. The Hall–Kier alpha value is -2.61. The molecule has 0 unspecified atom stereocenters. The molecule has 0 aromatic heterocycles. The number of methoxy groups -OCH3 is 5. The first kappa shape index (κ1) is 52.0. The van der Waals surface area contributed by atoms with E-state index < -0.39 is 115 Å². The lowest BCUT2D eigenvalue weighted by molar-refractivity contribution is -0.358. The summed E-state index contributed by atoms with van der Waals surface area (Å²) in [6, 6.07) is 0. The maximum Gasteiger partial charge on any atom is 0.309 e. The van der Waals surface area contributed by atoms with E-state index in [1.807, 2.05) is 52.8 Å². The van der Waals surface area contributed by atoms with Crippen molar-refractivity contribution in [3.05, 3.63) is 36.5 Å². The summed E-state index contributed by atoms with van der Waals surface area (Å²) in [4.78, 5) is 40.3. The second-order valence-corrected chi connectivity index (χ2v) is 17.9. The van der Waals surface area contributed by atoms with Gasteiger partial charge in [-0.05, 0) is 31.3 Å². The maximum atomic E-state index is 14.0. The predicted octanol–water partition coefficient (Wildman–Crippen LogP) is 4.67. The zero-order valence-electron chi connectivity index (χ0n) is 39.0. The highest BCUT2D eigenvalue weighted by Crippen LogP contribution is 2.39. The fraction of sp³-hybridized carbons (Fsp3) is 0.804. The van der Waals surface area contributed by atoms with Gasteiger partial charge < -0.3 is 61.9 Å². The predicted molar refractivity (Wildman–Crippen MR) is 226 cm³/mol. The summed E-state index contributed by atoms with van der Waals surface area (Å²) in [6.45, 7) is 14.6. The second kappa shape index (κ2) is 24.1. The molecule has 4 rings (SSSR count). The minimum atomic E-state index is -1.06. The molecule has 0 radical (unpaired) electrons. The first-order valence-corrected chi connectivity index (χ1v) is 21.9. The van der Waals surface area contributed by atoms with Crippen LogP contribution < -0.4 is 0 Å². The van der Waals surface area contributed by atoms with Crippen molar-refractivity contribution in [1.82, 2.24) is 0 Å². The zero-order chi connectivity index (χ0) is 45.9. The first-order chi connectivity index (χ1) is 29.4. The molecule has 354 valence electrons. The van der Waals surface area contributed by atoms with E-state index >= 15 is 0 Å². The maximum absolute atomic E-state index is 14.0. The SMILES string of the molecule is CO[C@H]1[C@H](OC)[C@H](O[C@@H]2[C@@H](OC)[C@H](O[C@H]3C[C@H]4CC(=O)[C@H](OC)[C@H](C)C[C@@H](O)C(C)(C)[C@@H](/C=C/C=C/C=C/C(C)C)OC(=O)C[C@H](O4)[C@@H]3C)OC[C@H]2OC(C)=O)O[C@@H](C)[C@H]1OC. The van der Waals surface area contributed by atoms with E-state index in [0.717, 1.165) is 0 Å². The Kier molecular flexibility index (Phi) is 20.2. The van der Waals surface area contributed by atoms with E-state index in [0.29, 0.717) is 5.92 Å². The number of esters is 2. The van der Waals surface area contributed by atoms with Crippen LogP contribution in [-0.2, 0) is 71.2 Å². The molecule has 1 N–H and O–H groups in total. The number of allylic oxidation sites excluding steroid dienone is 5. The molecule has 4 fully saturated rings. The van der Waals surface area contributed by atoms with E-state index in [1.54, 1.807) is 26.4 Å². The standard InChI is InChI=1S/C46H74O16/c1-25(2)18-16-14-15-17-19-36-46(7,8)35(49)20-26(3)38(51-9)31(48)21-30-22-32(27(4)33(59-30)23-37(50)61-36)60-44-42(54-12)40(34(24-56-44)58-29(6)47)62-45-43(55-13)41(53-11)39(52-10)28(5)57-45/h14-19,25-28,30,32-36,38-45,49H,20-24H2,1-13H3/b15-14+,18-16+,19-17+/t26-,27-,28+,30-,32+,33+,34-,35-,36-,38-,39-,40+,41-,42-,43+,44+,45+/m1/s1. The van der Waals surface area contributed by atoms with E-state index in [1.165, 1.54) is 28.3 Å². The van der Waals surface area contributed by atoms with Crippen molar-refractivity contribution in [2.45, 2.75) is 173 Å². The van der Waals surface area contributed by atoms with Crippen molar-refractivity contribution in [3.63, 3.8) is 0 Å². The third kappa shape index (κ3) is 13.2. The van der Waals surface area contributed by atoms with E-state index in [2.05, 4.69) is 19.9 Å². The third-order valence-electron chi connectivity index (χ3n) is 12.6. The smallest absolute Gasteiger partial charge is 0.309 e. The lowest BCUT2D eigenvalue weighted by Crippen LogP contribution is -2.64. The Morgan fingerprint density at radius 2 is 1.42 bits per heavy atom. The Morgan fingerprint density at radius 3 is 2.03 bits per heavy atom. The number of hydrogen-bond donors (Lipinski definition) is 1. The molecule has 4 heterocycles. The summed E-state index contributed by atoms with van der Waals surface area (Å²) in [5.74, 6) is -1.69. The summed E-state index contributed by atoms with van der Waals surface area (Å²) < 4.78 is 73.4. The van der Waals surface area contributed by atoms with Crippen LogP contribution in [0.2, 0.25) is 0 Å². The highest BCUT2D eigenvalue weighted by Gasteiger charge is 2.53. The van der Waals surface area contributed by atoms with Gasteiger partial charge in [-0.25, -0.2) is 0 Å². The molecule has 2 bridgehead atoms. The summed E-state index contributed by atoms with van der Waals surface area (Å²) in [5.41, 5.74) is -0.948. The topological polar surface area (TPSA) is 182 Å². The van der Waals surface area contributed by atoms with Crippen LogP contribution >= 0.6 is 0 Å². The molecule has 16 heteroatoms. The zero-order valence-corrected chi connectivity index (χ0v) is 39.0. The molecule has 0 spiro atoms. The lowest BCUT2D eigenvalue weighted by atomic mass is 9.75. The van der Waals surface area contributed by atoms with Gasteiger partial charge in [0.25, 0.3) is 0 Å². The molecule has 4 saturated heterocycles. The van der Waals surface area contributed by atoms with Crippen LogP contribution in [-0.4, -0.2) is 157 Å². The van der Waals surface area contributed by atoms with Crippen molar-refractivity contribution < 1.29 is 76.3 Å². The largest absolute Gasteiger partial charge is 0.457 e. The van der Waals surface area contributed by atoms with Crippen molar-refractivity contribution in [2.24, 2.45) is 23.2 Å². The van der Waals surface area contributed by atoms with E-state index in [-0.39, 0.29) is 44.0 Å². The Morgan fingerprint density at radius 1 is 0.774 bits per heavy atom. The van der Waals surface area contributed by atoms with Crippen LogP contribution in [0, 0.1) is 23.2 Å². The number of aliphatic hydroxyl groups is 1. The molecule has 0 aliphatic carbocycles. The molecule has 0 aromatic carbocycles. The molecule has 0 saturated carbocycles. The minimum absolute atomic E-state index is 0.0261. The van der Waals surface area contributed by atoms with Gasteiger partial charge in [-0.15, -0.1) is 0 Å². The minimum Gasteiger partial charge on any atom is -0.457 e. The van der Waals surface area contributed by atoms with Crippen LogP contribution in [0.3, 0.4) is 0 Å². The first-order valence-electron chi connectivity index (χ1n) is 21.9. The summed E-state index contributed by atoms with van der Waals surface area (Å²) in [6.07, 6.45) is -0.121. The highest BCUT2D eigenvalue weighted by molar-refractivity contribution is 5.84. The fourth-order valence-electron chi connectivity index (χ4n) is 8.89. The number of rotatable bonds is 14. The van der Waals surface area contributed by atoms with Crippen LogP contribution in [0.4, 0.5) is 0 Å².